The standard InChI is InChI=1S/C24H16F2N4.C23H21F3N4O2.C22H19N5O2/c1-30-14-20-21(15-2-6-18(25)7-3-15)22(16-10-12-27-13-11-16)23(28-24(20)29-30)17-4-8-19(26)9-5-17;1-13-7-8-15(21(31)28-16-9-10-16)11-19(13)29-22(32)17-12-27-30(14(17)2)20-6-4-3-5-18(20)23(24,25)26;1-13-5-6-16(22(29)26-17-7-8-17)10-19(13)27-21(24)18(12-25-27)20(28)15-4-2-3-14(9-15)11-23/h2-14H,1H3;3-8,11-12,16H,9-10H2,1-2H3,(H,28,31)(H,29,32);2-6,9-10,12,17H,7-8,24H2,1H3,(H,26,29). The summed E-state index contributed by atoms with van der Waals surface area (Å²) in [5.41, 5.74) is 15.8. The van der Waals surface area contributed by atoms with Crippen molar-refractivity contribution in [1.82, 2.24) is 49.9 Å². The largest absolute Gasteiger partial charge is 0.418 e. The second-order valence-electron chi connectivity index (χ2n) is 21.9. The molecule has 13 rings (SSSR count). The van der Waals surface area contributed by atoms with Gasteiger partial charge in [0.05, 0.1) is 63.5 Å². The van der Waals surface area contributed by atoms with Crippen molar-refractivity contribution >= 4 is 46.0 Å². The summed E-state index contributed by atoms with van der Waals surface area (Å²) in [5.74, 6) is -1.63. The lowest BCUT2D eigenvalue weighted by Gasteiger charge is -2.16. The molecule has 3 amide bonds. The fraction of sp³-hybridized carbons (Fsp3) is 0.159. The topological polar surface area (TPSA) is 233 Å². The number of hydrogen-bond acceptors (Lipinski definition) is 11. The third-order valence-electron chi connectivity index (χ3n) is 15.3. The van der Waals surface area contributed by atoms with Crippen molar-refractivity contribution < 1.29 is 41.1 Å². The number of anilines is 2. The lowest BCUT2D eigenvalue weighted by Crippen LogP contribution is -2.25. The van der Waals surface area contributed by atoms with E-state index in [1.165, 1.54) is 72.5 Å². The number of ketones is 1. The molecule has 0 spiro atoms. The van der Waals surface area contributed by atoms with Crippen LogP contribution in [0.5, 0.6) is 0 Å². The van der Waals surface area contributed by atoms with Crippen LogP contribution in [0, 0.1) is 43.7 Å². The van der Waals surface area contributed by atoms with Crippen molar-refractivity contribution in [3.63, 3.8) is 0 Å². The van der Waals surface area contributed by atoms with Gasteiger partial charge in [-0.3, -0.25) is 28.8 Å². The number of nitrogens with two attached hydrogens (primary N) is 1. The Balaban J connectivity index is 0.000000140. The zero-order valence-electron chi connectivity index (χ0n) is 49.4. The molecular weight excluding hydrogens is 1170 g/mol. The molecule has 0 bridgehead atoms. The number of aryl methyl sites for hydroxylation is 3. The van der Waals surface area contributed by atoms with E-state index in [0.29, 0.717) is 45.0 Å². The highest BCUT2D eigenvalue weighted by Crippen LogP contribution is 2.43. The van der Waals surface area contributed by atoms with Gasteiger partial charge in [-0.05, 0) is 166 Å². The van der Waals surface area contributed by atoms with Gasteiger partial charge in [0.15, 0.2) is 11.4 Å². The van der Waals surface area contributed by atoms with Crippen LogP contribution in [0.15, 0.2) is 177 Å². The van der Waals surface area contributed by atoms with Crippen molar-refractivity contribution in [2.24, 2.45) is 7.05 Å². The molecule has 91 heavy (non-hydrogen) atoms. The van der Waals surface area contributed by atoms with E-state index < -0.39 is 17.6 Å². The minimum atomic E-state index is -4.56. The number of rotatable bonds is 13. The van der Waals surface area contributed by atoms with E-state index in [1.807, 2.05) is 44.4 Å². The number of nitriles is 1. The van der Waals surface area contributed by atoms with Gasteiger partial charge in [-0.2, -0.15) is 33.7 Å². The van der Waals surface area contributed by atoms with Crippen molar-refractivity contribution in [3.05, 3.63) is 244 Å². The second kappa shape index (κ2) is 25.7. The number of alkyl halides is 3. The summed E-state index contributed by atoms with van der Waals surface area (Å²) >= 11 is 0. The van der Waals surface area contributed by atoms with Crippen molar-refractivity contribution in [1.29, 1.82) is 5.26 Å². The highest BCUT2D eigenvalue weighted by Gasteiger charge is 2.35. The summed E-state index contributed by atoms with van der Waals surface area (Å²) in [6.45, 7) is 5.20. The molecule has 0 unspecified atom stereocenters. The van der Waals surface area contributed by atoms with Crippen LogP contribution >= 0.6 is 0 Å². The van der Waals surface area contributed by atoms with E-state index in [0.717, 1.165) is 80.8 Å². The summed E-state index contributed by atoms with van der Waals surface area (Å²) in [6, 6.07) is 40.7. The zero-order chi connectivity index (χ0) is 64.3. The fourth-order valence-electron chi connectivity index (χ4n) is 10.1. The average molecular weight is 1230 g/mol. The number of fused-ring (bicyclic) bond motifs is 1. The Hall–Kier alpha value is -11.5. The maximum absolute atomic E-state index is 13.7. The Kier molecular flexibility index (Phi) is 17.3. The number of benzene rings is 6. The molecule has 6 aromatic carbocycles. The van der Waals surface area contributed by atoms with Gasteiger partial charge in [-0.25, -0.2) is 23.1 Å². The van der Waals surface area contributed by atoms with Crippen LogP contribution in [-0.2, 0) is 13.2 Å². The van der Waals surface area contributed by atoms with Crippen LogP contribution in [0.4, 0.5) is 33.5 Å². The summed E-state index contributed by atoms with van der Waals surface area (Å²) in [4.78, 5) is 59.4. The van der Waals surface area contributed by atoms with Crippen LogP contribution in [0.1, 0.15) is 101 Å². The number of nitrogens with zero attached hydrogens (tertiary/aromatic N) is 9. The van der Waals surface area contributed by atoms with Gasteiger partial charge in [0.1, 0.15) is 17.5 Å². The van der Waals surface area contributed by atoms with Crippen molar-refractivity contribution in [2.75, 3.05) is 11.1 Å². The van der Waals surface area contributed by atoms with Crippen LogP contribution in [-0.4, -0.2) is 74.9 Å². The Morgan fingerprint density at radius 1 is 0.626 bits per heavy atom. The Labute approximate surface area is 518 Å². The number of carbonyl (C=O) groups is 4. The third-order valence-corrected chi connectivity index (χ3v) is 15.3. The second-order valence-corrected chi connectivity index (χ2v) is 21.9. The Bertz CT molecular complexity index is 4640. The highest BCUT2D eigenvalue weighted by atomic mass is 19.4. The molecule has 2 saturated carbocycles. The molecule has 22 heteroatoms. The van der Waals surface area contributed by atoms with Gasteiger partial charge in [0.25, 0.3) is 17.7 Å². The normalized spacial score (nSPS) is 12.6. The molecule has 11 aromatic rings. The van der Waals surface area contributed by atoms with E-state index in [1.54, 1.807) is 96.8 Å². The van der Waals surface area contributed by atoms with E-state index in [9.17, 15) is 41.1 Å². The number of carbonyl (C=O) groups excluding carboxylic acids is 4. The first-order valence-corrected chi connectivity index (χ1v) is 28.8. The maximum Gasteiger partial charge on any atom is 0.418 e. The summed E-state index contributed by atoms with van der Waals surface area (Å²) in [7, 11) is 1.83. The predicted molar refractivity (Wildman–Crippen MR) is 333 cm³/mol. The third kappa shape index (κ3) is 13.7. The molecular formula is C69H56F5N13O4. The van der Waals surface area contributed by atoms with Gasteiger partial charge < -0.3 is 21.7 Å². The monoisotopic (exact) mass is 1230 g/mol. The molecule has 17 nitrogen and oxygen atoms in total. The number of para-hydroxylation sites is 1. The first kappa shape index (κ1) is 61.2. The zero-order valence-corrected chi connectivity index (χ0v) is 49.4. The van der Waals surface area contributed by atoms with E-state index in [-0.39, 0.29) is 69.6 Å². The van der Waals surface area contributed by atoms with Crippen LogP contribution in [0.25, 0.3) is 55.9 Å². The molecule has 5 N–H and O–H groups in total. The molecule has 0 aliphatic heterocycles. The van der Waals surface area contributed by atoms with E-state index >= 15 is 0 Å². The molecule has 0 saturated heterocycles. The average Bonchev–Trinajstić information content (AvgIpc) is 1.76. The van der Waals surface area contributed by atoms with Crippen molar-refractivity contribution in [2.45, 2.75) is 64.7 Å². The molecule has 2 aliphatic rings. The summed E-state index contributed by atoms with van der Waals surface area (Å²) in [6.07, 6.45) is 7.35. The molecule has 2 fully saturated rings. The van der Waals surface area contributed by atoms with Crippen LogP contribution in [0.3, 0.4) is 0 Å². The number of aromatic nitrogens is 8. The van der Waals surface area contributed by atoms with Gasteiger partial charge >= 0.3 is 6.18 Å². The number of nitrogens with one attached hydrogen (secondary N) is 3. The smallest absolute Gasteiger partial charge is 0.383 e. The molecule has 456 valence electrons. The molecule has 5 heterocycles. The van der Waals surface area contributed by atoms with Gasteiger partial charge in [0.2, 0.25) is 0 Å². The number of pyridine rings is 2. The van der Waals surface area contributed by atoms with Gasteiger partial charge in [-0.1, -0.05) is 48.5 Å². The number of amides is 3. The minimum absolute atomic E-state index is 0.134. The molecule has 0 atom stereocenters. The Morgan fingerprint density at radius 2 is 1.22 bits per heavy atom. The fourth-order valence-corrected chi connectivity index (χ4v) is 10.1. The number of nitrogen functional groups attached to an aromatic ring is 1. The number of halogens is 5. The first-order valence-electron chi connectivity index (χ1n) is 28.8. The molecule has 5 aromatic heterocycles. The molecule has 0 radical (unpaired) electrons. The minimum Gasteiger partial charge on any atom is -0.383 e. The van der Waals surface area contributed by atoms with Crippen molar-refractivity contribution in [3.8, 4) is 51.0 Å². The quantitative estimate of drug-likeness (QED) is 0.0626. The van der Waals surface area contributed by atoms with Gasteiger partial charge in [0, 0.05) is 82.2 Å². The predicted octanol–water partition coefficient (Wildman–Crippen LogP) is 13.1. The van der Waals surface area contributed by atoms with Gasteiger partial charge in [-0.15, -0.1) is 0 Å². The Morgan fingerprint density at radius 3 is 1.86 bits per heavy atom. The van der Waals surface area contributed by atoms with Crippen LogP contribution in [0.2, 0.25) is 0 Å². The SMILES string of the molecule is Cc1ccc(C(=O)NC2CC2)cc1-n1ncc(C(=O)c2cccc(C#N)c2)c1N.Cc1ccc(C(=O)NC2CC2)cc1NC(=O)c1cnn(-c2ccccc2C(F)(F)F)c1C.Cn1cc2c(-c3ccc(F)cc3)c(-c3ccncc3)c(-c3ccc(F)cc3)nc2n1. The summed E-state index contributed by atoms with van der Waals surface area (Å²) < 4.78 is 71.7. The first-order chi connectivity index (χ1) is 43.7. The lowest BCUT2D eigenvalue weighted by atomic mass is 9.90. The summed E-state index contributed by atoms with van der Waals surface area (Å²) in [5, 5.41) is 31.3. The number of hydrogen-bond donors (Lipinski definition) is 4. The van der Waals surface area contributed by atoms with E-state index in [4.69, 9.17) is 16.0 Å². The lowest BCUT2D eigenvalue weighted by molar-refractivity contribution is -0.137. The van der Waals surface area contributed by atoms with Crippen LogP contribution < -0.4 is 21.7 Å². The highest BCUT2D eigenvalue weighted by molar-refractivity contribution is 6.12. The maximum atomic E-state index is 13.7. The van der Waals surface area contributed by atoms with E-state index in [2.05, 4.69) is 36.2 Å². The molecule has 2 aliphatic carbocycles.